The van der Waals surface area contributed by atoms with Crippen LogP contribution in [-0.2, 0) is 19.4 Å². The van der Waals surface area contributed by atoms with Crippen molar-refractivity contribution in [2.75, 3.05) is 13.2 Å². The van der Waals surface area contributed by atoms with E-state index in [9.17, 15) is 4.79 Å². The minimum atomic E-state index is -0.158. The van der Waals surface area contributed by atoms with E-state index < -0.39 is 0 Å². The number of aryl methyl sites for hydroxylation is 1. The SMILES string of the molecule is Cc1nc(CCNC(=O)N[C@@H]2CCCc3c2cnn3CCO)cs1. The summed E-state index contributed by atoms with van der Waals surface area (Å²) in [6.45, 7) is 3.12. The maximum Gasteiger partial charge on any atom is 0.315 e. The van der Waals surface area contributed by atoms with Crippen molar-refractivity contribution >= 4 is 17.4 Å². The van der Waals surface area contributed by atoms with Gasteiger partial charge in [0.15, 0.2) is 0 Å². The first-order valence-corrected chi connectivity index (χ1v) is 9.16. The van der Waals surface area contributed by atoms with Crippen LogP contribution in [0.5, 0.6) is 0 Å². The summed E-state index contributed by atoms with van der Waals surface area (Å²) >= 11 is 1.62. The van der Waals surface area contributed by atoms with Crippen LogP contribution in [0, 0.1) is 6.92 Å². The molecule has 1 aliphatic carbocycles. The summed E-state index contributed by atoms with van der Waals surface area (Å²) in [5.74, 6) is 0. The number of urea groups is 1. The average molecular weight is 349 g/mol. The Labute approximate surface area is 145 Å². The molecule has 8 heteroatoms. The minimum Gasteiger partial charge on any atom is -0.394 e. The van der Waals surface area contributed by atoms with Gasteiger partial charge in [-0.05, 0) is 26.2 Å². The number of thiazole rings is 1. The van der Waals surface area contributed by atoms with Crippen molar-refractivity contribution in [3.63, 3.8) is 0 Å². The minimum absolute atomic E-state index is 0.0114. The molecule has 0 saturated heterocycles. The Morgan fingerprint density at radius 1 is 1.54 bits per heavy atom. The van der Waals surface area contributed by atoms with Crippen LogP contribution in [0.4, 0.5) is 4.79 Å². The number of aliphatic hydroxyl groups is 1. The van der Waals surface area contributed by atoms with Crippen molar-refractivity contribution in [3.05, 3.63) is 33.5 Å². The summed E-state index contributed by atoms with van der Waals surface area (Å²) in [7, 11) is 0. The molecule has 0 fully saturated rings. The fourth-order valence-corrected chi connectivity index (χ4v) is 3.74. The Morgan fingerprint density at radius 3 is 3.17 bits per heavy atom. The molecule has 130 valence electrons. The number of aliphatic hydroxyl groups excluding tert-OH is 1. The van der Waals surface area contributed by atoms with Crippen molar-refractivity contribution in [1.82, 2.24) is 25.4 Å². The molecule has 3 rings (SSSR count). The van der Waals surface area contributed by atoms with Crippen LogP contribution in [0.2, 0.25) is 0 Å². The molecule has 2 aromatic rings. The van der Waals surface area contributed by atoms with E-state index in [-0.39, 0.29) is 18.7 Å². The van der Waals surface area contributed by atoms with Gasteiger partial charge in [0.2, 0.25) is 0 Å². The third-order valence-corrected chi connectivity index (χ3v) is 5.04. The van der Waals surface area contributed by atoms with Crippen molar-refractivity contribution in [1.29, 1.82) is 0 Å². The number of hydrogen-bond acceptors (Lipinski definition) is 5. The molecule has 1 atom stereocenters. The second-order valence-electron chi connectivity index (χ2n) is 5.95. The molecule has 2 heterocycles. The molecule has 0 bridgehead atoms. The predicted octanol–water partition coefficient (Wildman–Crippen LogP) is 1.56. The molecule has 0 aliphatic heterocycles. The summed E-state index contributed by atoms with van der Waals surface area (Å²) in [6, 6.07) is -0.169. The number of carbonyl (C=O) groups excluding carboxylic acids is 1. The number of fused-ring (bicyclic) bond motifs is 1. The lowest BCUT2D eigenvalue weighted by Gasteiger charge is -2.24. The van der Waals surface area contributed by atoms with Crippen molar-refractivity contribution in [3.8, 4) is 0 Å². The van der Waals surface area contributed by atoms with Gasteiger partial charge in [0.1, 0.15) is 0 Å². The van der Waals surface area contributed by atoms with Crippen LogP contribution in [-0.4, -0.2) is 39.1 Å². The summed E-state index contributed by atoms with van der Waals surface area (Å²) < 4.78 is 1.84. The maximum atomic E-state index is 12.1. The number of carbonyl (C=O) groups is 1. The molecule has 0 radical (unpaired) electrons. The Hall–Kier alpha value is -1.93. The molecular formula is C16H23N5O2S. The van der Waals surface area contributed by atoms with E-state index in [1.54, 1.807) is 11.3 Å². The van der Waals surface area contributed by atoms with Crippen LogP contribution in [0.25, 0.3) is 0 Å². The molecule has 0 aromatic carbocycles. The van der Waals surface area contributed by atoms with E-state index in [0.717, 1.165) is 47.6 Å². The van der Waals surface area contributed by atoms with Crippen molar-refractivity contribution < 1.29 is 9.90 Å². The highest BCUT2D eigenvalue weighted by molar-refractivity contribution is 7.09. The molecule has 1 aliphatic rings. The Morgan fingerprint density at radius 2 is 2.42 bits per heavy atom. The maximum absolute atomic E-state index is 12.1. The molecule has 2 amide bonds. The zero-order valence-electron chi connectivity index (χ0n) is 13.8. The normalized spacial score (nSPS) is 16.7. The fraction of sp³-hybridized carbons (Fsp3) is 0.562. The summed E-state index contributed by atoms with van der Waals surface area (Å²) in [5.41, 5.74) is 3.21. The van der Waals surface area contributed by atoms with Gasteiger partial charge in [-0.1, -0.05) is 0 Å². The molecule has 0 spiro atoms. The number of nitrogens with one attached hydrogen (secondary N) is 2. The lowest BCUT2D eigenvalue weighted by atomic mass is 9.93. The number of rotatable bonds is 6. The topological polar surface area (TPSA) is 92.1 Å². The largest absolute Gasteiger partial charge is 0.394 e. The monoisotopic (exact) mass is 349 g/mol. The summed E-state index contributed by atoms with van der Waals surface area (Å²) in [6.07, 6.45) is 5.41. The van der Waals surface area contributed by atoms with Crippen LogP contribution in [0.15, 0.2) is 11.6 Å². The van der Waals surface area contributed by atoms with Gasteiger partial charge < -0.3 is 15.7 Å². The molecule has 0 unspecified atom stereocenters. The predicted molar refractivity (Wildman–Crippen MR) is 92.1 cm³/mol. The lowest BCUT2D eigenvalue weighted by Crippen LogP contribution is -2.39. The standard InChI is InChI=1S/C16H23N5O2S/c1-11-19-12(10-24-11)5-6-17-16(23)20-14-3-2-4-15-13(14)9-18-21(15)7-8-22/h9-10,14,22H,2-8H2,1H3,(H2,17,20,23)/t14-/m1/s1. The van der Waals surface area contributed by atoms with Gasteiger partial charge in [-0.3, -0.25) is 4.68 Å². The van der Waals surface area contributed by atoms with E-state index in [1.165, 1.54) is 0 Å². The number of amides is 2. The highest BCUT2D eigenvalue weighted by Gasteiger charge is 2.25. The Kier molecular flexibility index (Phi) is 5.47. The van der Waals surface area contributed by atoms with Crippen molar-refractivity contribution in [2.45, 2.75) is 45.2 Å². The first-order chi connectivity index (χ1) is 11.7. The first-order valence-electron chi connectivity index (χ1n) is 8.28. The number of aromatic nitrogens is 3. The van der Waals surface area contributed by atoms with Crippen LogP contribution in [0.1, 0.15) is 40.8 Å². The molecule has 3 N–H and O–H groups in total. The van der Waals surface area contributed by atoms with Gasteiger partial charge in [0, 0.05) is 29.6 Å². The van der Waals surface area contributed by atoms with Gasteiger partial charge in [-0.2, -0.15) is 5.10 Å². The highest BCUT2D eigenvalue weighted by atomic mass is 32.1. The van der Waals surface area contributed by atoms with E-state index in [2.05, 4.69) is 20.7 Å². The fourth-order valence-electron chi connectivity index (χ4n) is 3.09. The van der Waals surface area contributed by atoms with E-state index in [0.29, 0.717) is 13.1 Å². The van der Waals surface area contributed by atoms with Gasteiger partial charge >= 0.3 is 6.03 Å². The molecule has 2 aromatic heterocycles. The lowest BCUT2D eigenvalue weighted by molar-refractivity contribution is 0.235. The van der Waals surface area contributed by atoms with Gasteiger partial charge in [-0.25, -0.2) is 9.78 Å². The second-order valence-corrected chi connectivity index (χ2v) is 7.01. The zero-order chi connectivity index (χ0) is 16.9. The summed E-state index contributed by atoms with van der Waals surface area (Å²) in [4.78, 5) is 16.5. The third kappa shape index (κ3) is 3.93. The number of hydrogen-bond donors (Lipinski definition) is 3. The number of nitrogens with zero attached hydrogens (tertiary/aromatic N) is 3. The third-order valence-electron chi connectivity index (χ3n) is 4.21. The average Bonchev–Trinajstić information content (AvgIpc) is 3.15. The van der Waals surface area contributed by atoms with E-state index in [1.807, 2.05) is 23.2 Å². The molecular weight excluding hydrogens is 326 g/mol. The van der Waals surface area contributed by atoms with Crippen molar-refractivity contribution in [2.24, 2.45) is 0 Å². The molecule has 24 heavy (non-hydrogen) atoms. The smallest absolute Gasteiger partial charge is 0.315 e. The first kappa shape index (κ1) is 16.9. The van der Waals surface area contributed by atoms with Gasteiger partial charge in [-0.15, -0.1) is 11.3 Å². The van der Waals surface area contributed by atoms with E-state index >= 15 is 0 Å². The molecule has 7 nitrogen and oxygen atoms in total. The van der Waals surface area contributed by atoms with Crippen LogP contribution in [0.3, 0.4) is 0 Å². The molecule has 0 saturated carbocycles. The van der Waals surface area contributed by atoms with Gasteiger partial charge in [0.25, 0.3) is 0 Å². The van der Waals surface area contributed by atoms with Crippen LogP contribution < -0.4 is 10.6 Å². The zero-order valence-corrected chi connectivity index (χ0v) is 14.6. The summed E-state index contributed by atoms with van der Waals surface area (Å²) in [5, 5.41) is 22.4. The second kappa shape index (κ2) is 7.76. The quantitative estimate of drug-likeness (QED) is 0.738. The Bertz CT molecular complexity index is 696. The highest BCUT2D eigenvalue weighted by Crippen LogP contribution is 2.29. The van der Waals surface area contributed by atoms with Gasteiger partial charge in [0.05, 0.1) is 36.1 Å². The van der Waals surface area contributed by atoms with Crippen LogP contribution >= 0.6 is 11.3 Å². The Balaban J connectivity index is 1.52. The van der Waals surface area contributed by atoms with E-state index in [4.69, 9.17) is 5.11 Å².